The van der Waals surface area contributed by atoms with Crippen molar-refractivity contribution in [2.45, 2.75) is 20.8 Å². The molecule has 0 aliphatic heterocycles. The fourth-order valence-electron chi connectivity index (χ4n) is 1.78. The maximum absolute atomic E-state index is 4.04. The SMILES string of the molecule is C=C/C=C\C(=C(C)C)c1ccccc1C(=C)C. The summed E-state index contributed by atoms with van der Waals surface area (Å²) in [5.74, 6) is 0. The minimum atomic E-state index is 1.09. The van der Waals surface area contributed by atoms with Crippen LogP contribution in [0.25, 0.3) is 11.1 Å². The third kappa shape index (κ3) is 3.32. The monoisotopic (exact) mass is 224 g/mol. The highest BCUT2D eigenvalue weighted by Gasteiger charge is 2.06. The van der Waals surface area contributed by atoms with Crippen LogP contribution in [0.5, 0.6) is 0 Å². The first-order chi connectivity index (χ1) is 8.07. The van der Waals surface area contributed by atoms with Gasteiger partial charge in [0.1, 0.15) is 0 Å². The molecule has 88 valence electrons. The first kappa shape index (κ1) is 13.2. The van der Waals surface area contributed by atoms with Gasteiger partial charge < -0.3 is 0 Å². The summed E-state index contributed by atoms with van der Waals surface area (Å²) in [5, 5.41) is 0. The molecule has 0 bridgehead atoms. The molecular weight excluding hydrogens is 204 g/mol. The van der Waals surface area contributed by atoms with Crippen molar-refractivity contribution in [1.29, 1.82) is 0 Å². The van der Waals surface area contributed by atoms with E-state index in [1.165, 1.54) is 22.3 Å². The van der Waals surface area contributed by atoms with E-state index in [0.29, 0.717) is 0 Å². The number of benzene rings is 1. The summed E-state index contributed by atoms with van der Waals surface area (Å²) in [6, 6.07) is 8.36. The van der Waals surface area contributed by atoms with Gasteiger partial charge in [-0.15, -0.1) is 0 Å². The molecule has 0 fully saturated rings. The Morgan fingerprint density at radius 3 is 2.12 bits per heavy atom. The molecule has 0 aliphatic carbocycles. The van der Waals surface area contributed by atoms with Crippen molar-refractivity contribution < 1.29 is 0 Å². The lowest BCUT2D eigenvalue weighted by molar-refractivity contribution is 1.38. The fraction of sp³-hybridized carbons (Fsp3) is 0.176. The normalized spacial score (nSPS) is 10.3. The Bertz CT molecular complexity index is 481. The minimum Gasteiger partial charge on any atom is -0.0991 e. The molecule has 0 saturated carbocycles. The molecule has 0 unspecified atom stereocenters. The summed E-state index contributed by atoms with van der Waals surface area (Å²) in [6.07, 6.45) is 5.87. The Balaban J connectivity index is 3.39. The minimum absolute atomic E-state index is 1.09. The van der Waals surface area contributed by atoms with Crippen LogP contribution in [0.3, 0.4) is 0 Å². The van der Waals surface area contributed by atoms with Crippen LogP contribution in [0.2, 0.25) is 0 Å². The molecule has 0 atom stereocenters. The van der Waals surface area contributed by atoms with E-state index in [-0.39, 0.29) is 0 Å². The molecule has 0 saturated heterocycles. The van der Waals surface area contributed by atoms with E-state index >= 15 is 0 Å². The predicted octanol–water partition coefficient (Wildman–Crippen LogP) is 5.26. The third-order valence-corrected chi connectivity index (χ3v) is 2.61. The molecule has 0 heterocycles. The quantitative estimate of drug-likeness (QED) is 0.612. The lowest BCUT2D eigenvalue weighted by Gasteiger charge is -2.12. The summed E-state index contributed by atoms with van der Waals surface area (Å²) >= 11 is 0. The van der Waals surface area contributed by atoms with Crippen LogP contribution in [0.15, 0.2) is 61.2 Å². The second-order valence-corrected chi connectivity index (χ2v) is 4.33. The summed E-state index contributed by atoms with van der Waals surface area (Å²) in [5.41, 5.74) is 6.06. The van der Waals surface area contributed by atoms with E-state index < -0.39 is 0 Å². The van der Waals surface area contributed by atoms with Crippen molar-refractivity contribution in [2.24, 2.45) is 0 Å². The number of allylic oxidation sites excluding steroid dienone is 6. The maximum Gasteiger partial charge on any atom is -0.0110 e. The van der Waals surface area contributed by atoms with Gasteiger partial charge in [0.25, 0.3) is 0 Å². The summed E-state index contributed by atoms with van der Waals surface area (Å²) < 4.78 is 0. The van der Waals surface area contributed by atoms with Crippen LogP contribution in [0.1, 0.15) is 31.9 Å². The van der Waals surface area contributed by atoms with Gasteiger partial charge in [0.2, 0.25) is 0 Å². The molecule has 0 heteroatoms. The lowest BCUT2D eigenvalue weighted by Crippen LogP contribution is -1.91. The van der Waals surface area contributed by atoms with Gasteiger partial charge in [-0.05, 0) is 37.5 Å². The topological polar surface area (TPSA) is 0 Å². The lowest BCUT2D eigenvalue weighted by atomic mass is 9.93. The van der Waals surface area contributed by atoms with Gasteiger partial charge in [-0.2, -0.15) is 0 Å². The van der Waals surface area contributed by atoms with Gasteiger partial charge in [0, 0.05) is 0 Å². The van der Waals surface area contributed by atoms with E-state index in [0.717, 1.165) is 5.57 Å². The van der Waals surface area contributed by atoms with Crippen LogP contribution in [0.4, 0.5) is 0 Å². The molecule has 0 aliphatic rings. The van der Waals surface area contributed by atoms with E-state index in [9.17, 15) is 0 Å². The highest BCUT2D eigenvalue weighted by Crippen LogP contribution is 2.27. The van der Waals surface area contributed by atoms with Gasteiger partial charge in [-0.25, -0.2) is 0 Å². The van der Waals surface area contributed by atoms with Crippen LogP contribution in [0, 0.1) is 0 Å². The molecule has 1 aromatic rings. The zero-order valence-electron chi connectivity index (χ0n) is 11.0. The van der Waals surface area contributed by atoms with Crippen molar-refractivity contribution in [3.8, 4) is 0 Å². The van der Waals surface area contributed by atoms with Crippen LogP contribution < -0.4 is 0 Å². The van der Waals surface area contributed by atoms with Crippen LogP contribution >= 0.6 is 0 Å². The highest BCUT2D eigenvalue weighted by atomic mass is 14.1. The predicted molar refractivity (Wildman–Crippen MR) is 78.8 cm³/mol. The van der Waals surface area contributed by atoms with Gasteiger partial charge in [-0.1, -0.05) is 66.8 Å². The van der Waals surface area contributed by atoms with E-state index in [1.807, 2.05) is 19.1 Å². The molecule has 0 aromatic heterocycles. The first-order valence-electron chi connectivity index (χ1n) is 5.79. The molecule has 1 rings (SSSR count). The number of rotatable bonds is 4. The molecular formula is C17H20. The number of hydrogen-bond acceptors (Lipinski definition) is 0. The van der Waals surface area contributed by atoms with Gasteiger partial charge in [0.15, 0.2) is 0 Å². The first-order valence-corrected chi connectivity index (χ1v) is 5.79. The zero-order chi connectivity index (χ0) is 12.8. The average Bonchev–Trinajstić information content (AvgIpc) is 2.29. The van der Waals surface area contributed by atoms with Gasteiger partial charge in [0.05, 0.1) is 0 Å². The standard InChI is InChI=1S/C17H20/c1-6-7-10-15(13(2)3)17-12-9-8-11-16(17)14(4)5/h6-12H,1,4H2,2-3,5H3/b10-7-. The largest absolute Gasteiger partial charge is 0.0991 e. The molecule has 0 N–H and O–H groups in total. The maximum atomic E-state index is 4.04. The smallest absolute Gasteiger partial charge is 0.0110 e. The van der Waals surface area contributed by atoms with Crippen LogP contribution in [-0.2, 0) is 0 Å². The molecule has 1 aromatic carbocycles. The number of hydrogen-bond donors (Lipinski definition) is 0. The van der Waals surface area contributed by atoms with Crippen molar-refractivity contribution >= 4 is 11.1 Å². The Kier molecular flexibility index (Phi) is 4.71. The Morgan fingerprint density at radius 1 is 1.06 bits per heavy atom. The van der Waals surface area contributed by atoms with E-state index in [4.69, 9.17) is 0 Å². The van der Waals surface area contributed by atoms with E-state index in [2.05, 4.69) is 51.3 Å². The summed E-state index contributed by atoms with van der Waals surface area (Å²) in [4.78, 5) is 0. The van der Waals surface area contributed by atoms with Crippen molar-refractivity contribution in [2.75, 3.05) is 0 Å². The van der Waals surface area contributed by atoms with Gasteiger partial charge >= 0.3 is 0 Å². The Morgan fingerprint density at radius 2 is 1.65 bits per heavy atom. The summed E-state index contributed by atoms with van der Waals surface area (Å²) in [6.45, 7) is 14.0. The van der Waals surface area contributed by atoms with E-state index in [1.54, 1.807) is 6.08 Å². The zero-order valence-corrected chi connectivity index (χ0v) is 11.0. The average molecular weight is 224 g/mol. The second-order valence-electron chi connectivity index (χ2n) is 4.33. The van der Waals surface area contributed by atoms with Gasteiger partial charge in [-0.3, -0.25) is 0 Å². The molecule has 17 heavy (non-hydrogen) atoms. The highest BCUT2D eigenvalue weighted by molar-refractivity contribution is 5.84. The molecule has 0 nitrogen and oxygen atoms in total. The molecule has 0 spiro atoms. The Labute approximate surface area is 105 Å². The van der Waals surface area contributed by atoms with Crippen molar-refractivity contribution in [3.63, 3.8) is 0 Å². The molecule has 0 amide bonds. The van der Waals surface area contributed by atoms with Crippen molar-refractivity contribution in [3.05, 3.63) is 72.4 Å². The van der Waals surface area contributed by atoms with Crippen molar-refractivity contribution in [1.82, 2.24) is 0 Å². The molecule has 0 radical (unpaired) electrons. The second kappa shape index (κ2) is 6.05. The third-order valence-electron chi connectivity index (χ3n) is 2.61. The summed E-state index contributed by atoms with van der Waals surface area (Å²) in [7, 11) is 0. The van der Waals surface area contributed by atoms with Crippen LogP contribution in [-0.4, -0.2) is 0 Å². The fourth-order valence-corrected chi connectivity index (χ4v) is 1.78. The Hall–Kier alpha value is -1.82.